The number of carbonyl (C=O) groups is 2. The highest BCUT2D eigenvalue weighted by Crippen LogP contribution is 2.32. The summed E-state index contributed by atoms with van der Waals surface area (Å²) in [6, 6.07) is 12.3. The van der Waals surface area contributed by atoms with Gasteiger partial charge in [0.05, 0.1) is 5.69 Å². The zero-order valence-corrected chi connectivity index (χ0v) is 21.9. The SMILES string of the molecule is Cc1cnc(-c2cccc(OCC(=O)NC3CC3)c2)nc1N(C(=O)OC(C)(C)C)c1ccc(N)c(C=N)c1. The van der Waals surface area contributed by atoms with Crippen molar-refractivity contribution < 1.29 is 19.1 Å². The molecular formula is C28H32N6O4. The van der Waals surface area contributed by atoms with Crippen LogP contribution < -0.4 is 20.7 Å². The van der Waals surface area contributed by atoms with Crippen molar-refractivity contribution >= 4 is 35.4 Å². The van der Waals surface area contributed by atoms with Crippen LogP contribution >= 0.6 is 0 Å². The molecule has 38 heavy (non-hydrogen) atoms. The molecule has 1 aromatic heterocycles. The number of hydrogen-bond donors (Lipinski definition) is 3. The average Bonchev–Trinajstić information content (AvgIpc) is 3.68. The molecule has 10 nitrogen and oxygen atoms in total. The summed E-state index contributed by atoms with van der Waals surface area (Å²) in [6.07, 6.45) is 4.13. The Morgan fingerprint density at radius 2 is 1.97 bits per heavy atom. The van der Waals surface area contributed by atoms with Crippen molar-refractivity contribution in [1.82, 2.24) is 15.3 Å². The number of anilines is 3. The lowest BCUT2D eigenvalue weighted by Crippen LogP contribution is -2.35. The first-order valence-electron chi connectivity index (χ1n) is 12.3. The van der Waals surface area contributed by atoms with Gasteiger partial charge in [0, 0.05) is 40.8 Å². The van der Waals surface area contributed by atoms with E-state index in [-0.39, 0.29) is 18.6 Å². The lowest BCUT2D eigenvalue weighted by atomic mass is 10.1. The van der Waals surface area contributed by atoms with Crippen molar-refractivity contribution in [2.45, 2.75) is 52.2 Å². The third-order valence-corrected chi connectivity index (χ3v) is 5.62. The van der Waals surface area contributed by atoms with E-state index in [1.54, 1.807) is 70.3 Å². The molecule has 0 unspecified atom stereocenters. The average molecular weight is 517 g/mol. The number of nitrogens with zero attached hydrogens (tertiary/aromatic N) is 3. The van der Waals surface area contributed by atoms with Crippen molar-refractivity contribution in [3.63, 3.8) is 0 Å². The molecule has 3 aromatic rings. The highest BCUT2D eigenvalue weighted by molar-refractivity contribution is 5.98. The topological polar surface area (TPSA) is 144 Å². The maximum atomic E-state index is 13.4. The molecule has 2 amide bonds. The molecule has 2 aromatic carbocycles. The fourth-order valence-electron chi connectivity index (χ4n) is 3.62. The molecule has 0 spiro atoms. The number of nitrogens with two attached hydrogens (primary N) is 1. The number of ether oxygens (including phenoxy) is 2. The molecular weight excluding hydrogens is 484 g/mol. The van der Waals surface area contributed by atoms with Crippen molar-refractivity contribution in [2.75, 3.05) is 17.2 Å². The van der Waals surface area contributed by atoms with Crippen molar-refractivity contribution in [3.8, 4) is 17.1 Å². The van der Waals surface area contributed by atoms with Gasteiger partial charge < -0.3 is 25.9 Å². The highest BCUT2D eigenvalue weighted by Gasteiger charge is 2.28. The normalized spacial score (nSPS) is 12.9. The Bertz CT molecular complexity index is 1360. The standard InChI is InChI=1S/C28H32N6O4/c1-17-15-31-25(18-6-5-7-22(13-18)37-16-24(35)32-20-8-9-20)33-26(17)34(27(36)38-28(2,3)4)21-10-11-23(30)19(12-21)14-29/h5-7,10-15,20,29H,8-9,16,30H2,1-4H3,(H,32,35). The molecule has 0 atom stereocenters. The van der Waals surface area contributed by atoms with Crippen LogP contribution in [-0.4, -0.2) is 46.4 Å². The van der Waals surface area contributed by atoms with Gasteiger partial charge in [0.25, 0.3) is 5.91 Å². The van der Waals surface area contributed by atoms with Gasteiger partial charge in [-0.1, -0.05) is 12.1 Å². The smallest absolute Gasteiger partial charge is 0.420 e. The summed E-state index contributed by atoms with van der Waals surface area (Å²) in [5.41, 5.74) is 7.82. The summed E-state index contributed by atoms with van der Waals surface area (Å²) in [7, 11) is 0. The molecule has 0 saturated heterocycles. The van der Waals surface area contributed by atoms with Gasteiger partial charge >= 0.3 is 6.09 Å². The third kappa shape index (κ3) is 6.64. The van der Waals surface area contributed by atoms with Gasteiger partial charge in [0.1, 0.15) is 17.2 Å². The Hall–Kier alpha value is -4.47. The number of nitrogens with one attached hydrogen (secondary N) is 2. The lowest BCUT2D eigenvalue weighted by molar-refractivity contribution is -0.123. The summed E-state index contributed by atoms with van der Waals surface area (Å²) >= 11 is 0. The Morgan fingerprint density at radius 1 is 1.21 bits per heavy atom. The van der Waals surface area contributed by atoms with Gasteiger partial charge in [-0.3, -0.25) is 4.79 Å². The predicted molar refractivity (Wildman–Crippen MR) is 146 cm³/mol. The summed E-state index contributed by atoms with van der Waals surface area (Å²) in [6.45, 7) is 7.06. The van der Waals surface area contributed by atoms with Gasteiger partial charge in [0.15, 0.2) is 12.4 Å². The summed E-state index contributed by atoms with van der Waals surface area (Å²) < 4.78 is 11.4. The van der Waals surface area contributed by atoms with E-state index < -0.39 is 11.7 Å². The second-order valence-corrected chi connectivity index (χ2v) is 10.1. The van der Waals surface area contributed by atoms with Crippen LogP contribution in [-0.2, 0) is 9.53 Å². The number of aromatic nitrogens is 2. The monoisotopic (exact) mass is 516 g/mol. The first-order valence-corrected chi connectivity index (χ1v) is 12.3. The minimum atomic E-state index is -0.755. The lowest BCUT2D eigenvalue weighted by Gasteiger charge is -2.28. The fraction of sp³-hybridized carbons (Fsp3) is 0.321. The third-order valence-electron chi connectivity index (χ3n) is 5.62. The van der Waals surface area contributed by atoms with E-state index in [0.29, 0.717) is 45.5 Å². The number of carbonyl (C=O) groups excluding carboxylic acids is 2. The highest BCUT2D eigenvalue weighted by atomic mass is 16.6. The maximum absolute atomic E-state index is 13.4. The number of amides is 2. The van der Waals surface area contributed by atoms with E-state index >= 15 is 0 Å². The molecule has 0 radical (unpaired) electrons. The van der Waals surface area contributed by atoms with Crippen molar-refractivity contribution in [1.29, 1.82) is 5.41 Å². The van der Waals surface area contributed by atoms with Gasteiger partial charge in [0.2, 0.25) is 0 Å². The van der Waals surface area contributed by atoms with Crippen LogP contribution in [0.1, 0.15) is 44.7 Å². The van der Waals surface area contributed by atoms with Crippen LogP contribution in [0.3, 0.4) is 0 Å². The van der Waals surface area contributed by atoms with Crippen LogP contribution in [0.4, 0.5) is 22.0 Å². The van der Waals surface area contributed by atoms with Crippen LogP contribution in [0.5, 0.6) is 5.75 Å². The van der Waals surface area contributed by atoms with Gasteiger partial charge in [-0.05, 0) is 70.9 Å². The summed E-state index contributed by atoms with van der Waals surface area (Å²) in [4.78, 5) is 36.0. The largest absolute Gasteiger partial charge is 0.484 e. The molecule has 1 aliphatic rings. The molecule has 1 saturated carbocycles. The quantitative estimate of drug-likeness (QED) is 0.289. The van der Waals surface area contributed by atoms with E-state index in [1.165, 1.54) is 4.90 Å². The second-order valence-electron chi connectivity index (χ2n) is 10.1. The Balaban J connectivity index is 1.68. The molecule has 0 aliphatic heterocycles. The number of aryl methyl sites for hydroxylation is 1. The fourth-order valence-corrected chi connectivity index (χ4v) is 3.62. The Kier molecular flexibility index (Phi) is 7.61. The molecule has 1 fully saturated rings. The van der Waals surface area contributed by atoms with E-state index in [9.17, 15) is 9.59 Å². The Morgan fingerprint density at radius 3 is 2.66 bits per heavy atom. The minimum Gasteiger partial charge on any atom is -0.484 e. The molecule has 4 rings (SSSR count). The van der Waals surface area contributed by atoms with Gasteiger partial charge in [-0.15, -0.1) is 0 Å². The predicted octanol–water partition coefficient (Wildman–Crippen LogP) is 4.76. The van der Waals surface area contributed by atoms with E-state index in [1.807, 2.05) is 6.07 Å². The number of nitrogen functional groups attached to an aromatic ring is 1. The second kappa shape index (κ2) is 10.9. The van der Waals surface area contributed by atoms with Crippen LogP contribution in [0, 0.1) is 12.3 Å². The first kappa shape index (κ1) is 26.6. The van der Waals surface area contributed by atoms with Crippen LogP contribution in [0.15, 0.2) is 48.7 Å². The number of hydrogen-bond acceptors (Lipinski definition) is 8. The summed E-state index contributed by atoms with van der Waals surface area (Å²) in [5.74, 6) is 1.01. The maximum Gasteiger partial charge on any atom is 0.420 e. The van der Waals surface area contributed by atoms with E-state index in [2.05, 4.69) is 10.3 Å². The molecule has 0 bridgehead atoms. The molecule has 10 heteroatoms. The molecule has 1 heterocycles. The zero-order valence-electron chi connectivity index (χ0n) is 21.9. The molecule has 198 valence electrons. The van der Waals surface area contributed by atoms with E-state index in [0.717, 1.165) is 19.1 Å². The van der Waals surface area contributed by atoms with Crippen LogP contribution in [0.25, 0.3) is 11.4 Å². The minimum absolute atomic E-state index is 0.0845. The molecule has 1 aliphatic carbocycles. The van der Waals surface area contributed by atoms with Crippen molar-refractivity contribution in [2.24, 2.45) is 0 Å². The van der Waals surface area contributed by atoms with Crippen molar-refractivity contribution in [3.05, 3.63) is 59.8 Å². The number of rotatable bonds is 8. The summed E-state index contributed by atoms with van der Waals surface area (Å²) in [5, 5.41) is 10.6. The Labute approximate surface area is 221 Å². The van der Waals surface area contributed by atoms with Gasteiger partial charge in [-0.2, -0.15) is 0 Å². The molecule has 4 N–H and O–H groups in total. The zero-order chi connectivity index (χ0) is 27.4. The van der Waals surface area contributed by atoms with Gasteiger partial charge in [-0.25, -0.2) is 19.7 Å². The first-order chi connectivity index (χ1) is 18.0. The van der Waals surface area contributed by atoms with E-state index in [4.69, 9.17) is 25.6 Å². The number of benzene rings is 2. The van der Waals surface area contributed by atoms with Crippen LogP contribution in [0.2, 0.25) is 0 Å².